The Morgan fingerprint density at radius 2 is 1.88 bits per heavy atom. The van der Waals surface area contributed by atoms with Gasteiger partial charge in [-0.15, -0.1) is 11.3 Å². The average molecular weight is 471 g/mol. The van der Waals surface area contributed by atoms with Crippen molar-refractivity contribution in [3.05, 3.63) is 52.0 Å². The van der Waals surface area contributed by atoms with E-state index in [4.69, 9.17) is 4.98 Å². The zero-order chi connectivity index (χ0) is 24.1. The summed E-state index contributed by atoms with van der Waals surface area (Å²) in [6.07, 6.45) is 1.63. The summed E-state index contributed by atoms with van der Waals surface area (Å²) in [7, 11) is 0. The van der Waals surface area contributed by atoms with Crippen molar-refractivity contribution in [2.45, 2.75) is 71.9 Å². The normalized spacial score (nSPS) is 13.7. The van der Waals surface area contributed by atoms with Crippen molar-refractivity contribution in [2.24, 2.45) is 11.8 Å². The molecule has 2 heterocycles. The minimum Gasteiger partial charge on any atom is -0.479 e. The number of aromatic nitrogens is 2. The SMILES string of the molecule is CCC(CC)n1c(Cc2cccs2)nc2cc(C(=O)C[C@@H](CC(C)C)[C@@H](O)C(=O)O)ccc21. The van der Waals surface area contributed by atoms with Crippen LogP contribution in [0.3, 0.4) is 0 Å². The number of carboxylic acids is 1. The fourth-order valence-electron chi connectivity index (χ4n) is 4.56. The van der Waals surface area contributed by atoms with E-state index in [0.29, 0.717) is 18.0 Å². The maximum Gasteiger partial charge on any atom is 0.332 e. The number of aliphatic hydroxyl groups excluding tert-OH is 1. The number of aliphatic hydroxyl groups is 1. The molecule has 0 saturated heterocycles. The lowest BCUT2D eigenvalue weighted by Gasteiger charge is -2.21. The molecule has 7 heteroatoms. The fourth-order valence-corrected chi connectivity index (χ4v) is 5.27. The van der Waals surface area contributed by atoms with Gasteiger partial charge in [-0.05, 0) is 54.8 Å². The van der Waals surface area contributed by atoms with Gasteiger partial charge >= 0.3 is 5.97 Å². The number of benzene rings is 1. The van der Waals surface area contributed by atoms with Gasteiger partial charge in [-0.2, -0.15) is 0 Å². The van der Waals surface area contributed by atoms with Crippen molar-refractivity contribution >= 4 is 34.1 Å². The van der Waals surface area contributed by atoms with E-state index < -0.39 is 18.0 Å². The number of carboxylic acid groups (broad SMARTS) is 1. The largest absolute Gasteiger partial charge is 0.479 e. The van der Waals surface area contributed by atoms with E-state index in [-0.39, 0.29) is 18.1 Å². The third-order valence-corrected chi connectivity index (χ3v) is 7.10. The number of nitrogens with zero attached hydrogens (tertiary/aromatic N) is 2. The maximum absolute atomic E-state index is 13.1. The van der Waals surface area contributed by atoms with Gasteiger partial charge in [-0.25, -0.2) is 9.78 Å². The molecule has 0 aliphatic rings. The van der Waals surface area contributed by atoms with Crippen molar-refractivity contribution in [1.29, 1.82) is 0 Å². The van der Waals surface area contributed by atoms with Crippen LogP contribution < -0.4 is 0 Å². The maximum atomic E-state index is 13.1. The van der Waals surface area contributed by atoms with Gasteiger partial charge in [0.05, 0.1) is 11.0 Å². The Kier molecular flexibility index (Phi) is 8.43. The highest BCUT2D eigenvalue weighted by Gasteiger charge is 2.29. The van der Waals surface area contributed by atoms with Crippen LogP contribution in [0.15, 0.2) is 35.7 Å². The number of ketones is 1. The molecule has 178 valence electrons. The second-order valence-electron chi connectivity index (χ2n) is 9.13. The number of hydrogen-bond donors (Lipinski definition) is 2. The molecular formula is C26H34N2O4S. The number of hydrogen-bond acceptors (Lipinski definition) is 5. The summed E-state index contributed by atoms with van der Waals surface area (Å²) in [5.74, 6) is -0.910. The molecule has 0 fully saturated rings. The van der Waals surface area contributed by atoms with Crippen molar-refractivity contribution in [3.63, 3.8) is 0 Å². The van der Waals surface area contributed by atoms with Gasteiger partial charge < -0.3 is 14.8 Å². The van der Waals surface area contributed by atoms with E-state index in [1.807, 2.05) is 32.0 Å². The van der Waals surface area contributed by atoms with E-state index in [0.717, 1.165) is 36.1 Å². The zero-order valence-electron chi connectivity index (χ0n) is 19.8. The molecule has 33 heavy (non-hydrogen) atoms. The summed E-state index contributed by atoms with van der Waals surface area (Å²) in [6, 6.07) is 10.1. The van der Waals surface area contributed by atoms with E-state index >= 15 is 0 Å². The molecule has 2 atom stereocenters. The van der Waals surface area contributed by atoms with Gasteiger partial charge in [0.25, 0.3) is 0 Å². The molecule has 0 amide bonds. The molecule has 3 rings (SSSR count). The first-order chi connectivity index (χ1) is 15.7. The summed E-state index contributed by atoms with van der Waals surface area (Å²) in [6.45, 7) is 8.26. The van der Waals surface area contributed by atoms with Gasteiger partial charge in [0, 0.05) is 35.2 Å². The Morgan fingerprint density at radius 3 is 2.45 bits per heavy atom. The summed E-state index contributed by atoms with van der Waals surface area (Å²) >= 11 is 1.71. The van der Waals surface area contributed by atoms with E-state index in [1.54, 1.807) is 17.4 Å². The van der Waals surface area contributed by atoms with Crippen molar-refractivity contribution in [3.8, 4) is 0 Å². The monoisotopic (exact) mass is 470 g/mol. The molecular weight excluding hydrogens is 436 g/mol. The molecule has 0 unspecified atom stereocenters. The number of carbonyl (C=O) groups excluding carboxylic acids is 1. The van der Waals surface area contributed by atoms with Crippen LogP contribution in [-0.2, 0) is 11.2 Å². The topological polar surface area (TPSA) is 92.4 Å². The second kappa shape index (κ2) is 11.1. The average Bonchev–Trinajstić information content (AvgIpc) is 3.41. The number of Topliss-reactive ketones (excluding diaryl/α,β-unsaturated/α-hetero) is 1. The van der Waals surface area contributed by atoms with E-state index in [2.05, 4.69) is 29.9 Å². The van der Waals surface area contributed by atoms with Gasteiger partial charge in [0.1, 0.15) is 5.82 Å². The Labute approximate surface area is 199 Å². The molecule has 0 aliphatic carbocycles. The van der Waals surface area contributed by atoms with E-state index in [1.165, 1.54) is 4.88 Å². The quantitative estimate of drug-likeness (QED) is 0.330. The van der Waals surface area contributed by atoms with E-state index in [9.17, 15) is 19.8 Å². The van der Waals surface area contributed by atoms with Crippen LogP contribution >= 0.6 is 11.3 Å². The summed E-state index contributed by atoms with van der Waals surface area (Å²) < 4.78 is 2.30. The standard InChI is InChI=1S/C26H34N2O4S/c1-5-19(6-2)28-22-10-9-17(13-21(22)27-24(28)15-20-8-7-11-33-20)23(29)14-18(12-16(3)4)25(30)26(31)32/h7-11,13,16,18-19,25,30H,5-6,12,14-15H2,1-4H3,(H,31,32)/t18-,25-/m1/s1. The molecule has 0 bridgehead atoms. The van der Waals surface area contributed by atoms with Crippen LogP contribution in [0.1, 0.15) is 80.5 Å². The minimum atomic E-state index is -1.55. The third-order valence-electron chi connectivity index (χ3n) is 6.23. The smallest absolute Gasteiger partial charge is 0.332 e. The number of rotatable bonds is 12. The van der Waals surface area contributed by atoms with Crippen molar-refractivity contribution < 1.29 is 19.8 Å². The number of imidazole rings is 1. The lowest BCUT2D eigenvalue weighted by atomic mass is 9.86. The Morgan fingerprint density at radius 1 is 1.15 bits per heavy atom. The van der Waals surface area contributed by atoms with Gasteiger partial charge in [0.2, 0.25) is 0 Å². The highest BCUT2D eigenvalue weighted by Crippen LogP contribution is 2.29. The molecule has 1 aromatic carbocycles. The molecule has 2 aromatic heterocycles. The predicted molar refractivity (Wildman–Crippen MR) is 132 cm³/mol. The molecule has 0 aliphatic heterocycles. The summed E-state index contributed by atoms with van der Waals surface area (Å²) in [5, 5.41) is 21.4. The minimum absolute atomic E-state index is 0.00748. The van der Waals surface area contributed by atoms with Crippen molar-refractivity contribution in [2.75, 3.05) is 0 Å². The van der Waals surface area contributed by atoms with Gasteiger partial charge in [-0.3, -0.25) is 4.79 Å². The number of thiophene rings is 1. The first-order valence-electron chi connectivity index (χ1n) is 11.7. The molecule has 3 aromatic rings. The summed E-state index contributed by atoms with van der Waals surface area (Å²) in [5.41, 5.74) is 2.29. The van der Waals surface area contributed by atoms with Crippen LogP contribution in [0.2, 0.25) is 0 Å². The first-order valence-corrected chi connectivity index (χ1v) is 12.6. The van der Waals surface area contributed by atoms with Gasteiger partial charge in [0.15, 0.2) is 11.9 Å². The highest BCUT2D eigenvalue weighted by atomic mass is 32.1. The number of carbonyl (C=O) groups is 2. The van der Waals surface area contributed by atoms with Crippen LogP contribution in [0.4, 0.5) is 0 Å². The lowest BCUT2D eigenvalue weighted by Crippen LogP contribution is -2.32. The lowest BCUT2D eigenvalue weighted by molar-refractivity contribution is -0.149. The van der Waals surface area contributed by atoms with Crippen LogP contribution in [0.25, 0.3) is 11.0 Å². The third kappa shape index (κ3) is 5.89. The van der Waals surface area contributed by atoms with Crippen molar-refractivity contribution in [1.82, 2.24) is 9.55 Å². The second-order valence-corrected chi connectivity index (χ2v) is 10.2. The molecule has 0 radical (unpaired) electrons. The highest BCUT2D eigenvalue weighted by molar-refractivity contribution is 7.09. The predicted octanol–water partition coefficient (Wildman–Crippen LogP) is 5.73. The fraction of sp³-hybridized carbons (Fsp3) is 0.500. The Balaban J connectivity index is 1.95. The Hall–Kier alpha value is -2.51. The number of fused-ring (bicyclic) bond motifs is 1. The number of aliphatic carboxylic acids is 1. The van der Waals surface area contributed by atoms with Crippen LogP contribution in [-0.4, -0.2) is 37.6 Å². The zero-order valence-corrected chi connectivity index (χ0v) is 20.6. The Bertz CT molecular complexity index is 1080. The first kappa shape index (κ1) is 25.1. The van der Waals surface area contributed by atoms with Gasteiger partial charge in [-0.1, -0.05) is 33.8 Å². The molecule has 0 saturated carbocycles. The molecule has 0 spiro atoms. The molecule has 2 N–H and O–H groups in total. The summed E-state index contributed by atoms with van der Waals surface area (Å²) in [4.78, 5) is 30.6. The molecule has 6 nitrogen and oxygen atoms in total. The van der Waals surface area contributed by atoms with Crippen LogP contribution in [0.5, 0.6) is 0 Å². The van der Waals surface area contributed by atoms with Crippen LogP contribution in [0, 0.1) is 11.8 Å².